The van der Waals surface area contributed by atoms with Gasteiger partial charge in [0.05, 0.1) is 12.0 Å². The van der Waals surface area contributed by atoms with E-state index < -0.39 is 12.2 Å². The van der Waals surface area contributed by atoms with Crippen molar-refractivity contribution < 1.29 is 10.2 Å². The topological polar surface area (TPSA) is 40.5 Å². The molecule has 78 valence electrons. The van der Waals surface area contributed by atoms with Crippen molar-refractivity contribution in [2.75, 3.05) is 5.88 Å². The second-order valence-corrected chi connectivity index (χ2v) is 3.90. The summed E-state index contributed by atoms with van der Waals surface area (Å²) in [5.41, 5.74) is 2.86. The van der Waals surface area contributed by atoms with Crippen LogP contribution in [0.1, 0.15) is 22.8 Å². The summed E-state index contributed by atoms with van der Waals surface area (Å²) in [6.45, 7) is 3.91. The van der Waals surface area contributed by atoms with E-state index in [2.05, 4.69) is 0 Å². The molecule has 2 atom stereocenters. The van der Waals surface area contributed by atoms with Gasteiger partial charge in [0.1, 0.15) is 6.10 Å². The normalized spacial score (nSPS) is 15.2. The number of hydrogen-bond acceptors (Lipinski definition) is 2. The van der Waals surface area contributed by atoms with Crippen LogP contribution in [0.25, 0.3) is 0 Å². The highest BCUT2D eigenvalue weighted by Gasteiger charge is 2.17. The standard InChI is InChI=1S/C11H15ClO2/c1-7-3-8(2)5-9(4-7)11(14)10(13)6-12/h3-5,10-11,13-14H,6H2,1-2H3. The molecule has 0 bridgehead atoms. The summed E-state index contributed by atoms with van der Waals surface area (Å²) in [7, 11) is 0. The molecule has 0 spiro atoms. The molecule has 0 radical (unpaired) electrons. The van der Waals surface area contributed by atoms with Gasteiger partial charge in [0.15, 0.2) is 0 Å². The van der Waals surface area contributed by atoms with E-state index in [4.69, 9.17) is 11.6 Å². The van der Waals surface area contributed by atoms with Gasteiger partial charge < -0.3 is 10.2 Å². The minimum absolute atomic E-state index is 0.0359. The van der Waals surface area contributed by atoms with E-state index in [0.717, 1.165) is 16.7 Å². The molecule has 1 aromatic carbocycles. The Morgan fingerprint density at radius 2 is 1.64 bits per heavy atom. The summed E-state index contributed by atoms with van der Waals surface area (Å²) >= 11 is 5.47. The molecule has 3 heteroatoms. The van der Waals surface area contributed by atoms with Gasteiger partial charge in [0.25, 0.3) is 0 Å². The number of hydrogen-bond donors (Lipinski definition) is 2. The lowest BCUT2D eigenvalue weighted by Gasteiger charge is -2.16. The van der Waals surface area contributed by atoms with Crippen LogP contribution in [0, 0.1) is 13.8 Å². The Hall–Kier alpha value is -0.570. The van der Waals surface area contributed by atoms with Crippen LogP contribution in [-0.4, -0.2) is 22.2 Å². The average Bonchev–Trinajstić information content (AvgIpc) is 2.14. The Morgan fingerprint density at radius 3 is 2.07 bits per heavy atom. The largest absolute Gasteiger partial charge is 0.389 e. The quantitative estimate of drug-likeness (QED) is 0.755. The van der Waals surface area contributed by atoms with E-state index in [-0.39, 0.29) is 5.88 Å². The third-order valence-corrected chi connectivity index (χ3v) is 2.42. The Labute approximate surface area is 89.1 Å². The summed E-state index contributed by atoms with van der Waals surface area (Å²) < 4.78 is 0. The van der Waals surface area contributed by atoms with Gasteiger partial charge in [-0.25, -0.2) is 0 Å². The minimum atomic E-state index is -0.905. The first kappa shape index (κ1) is 11.5. The number of alkyl halides is 1. The van der Waals surface area contributed by atoms with Gasteiger partial charge in [-0.2, -0.15) is 0 Å². The van der Waals surface area contributed by atoms with Crippen LogP contribution >= 0.6 is 11.6 Å². The lowest BCUT2D eigenvalue weighted by molar-refractivity contribution is 0.0326. The van der Waals surface area contributed by atoms with Gasteiger partial charge in [-0.3, -0.25) is 0 Å². The van der Waals surface area contributed by atoms with E-state index in [1.54, 1.807) is 0 Å². The Bertz CT molecular complexity index is 292. The summed E-state index contributed by atoms with van der Waals surface area (Å²) in [6, 6.07) is 5.73. The minimum Gasteiger partial charge on any atom is -0.389 e. The van der Waals surface area contributed by atoms with Gasteiger partial charge in [-0.15, -0.1) is 11.6 Å². The lowest BCUT2D eigenvalue weighted by Crippen LogP contribution is -2.19. The van der Waals surface area contributed by atoms with Crippen LogP contribution in [0.5, 0.6) is 0 Å². The van der Waals surface area contributed by atoms with Crippen LogP contribution in [0.2, 0.25) is 0 Å². The summed E-state index contributed by atoms with van der Waals surface area (Å²) in [5.74, 6) is 0.0359. The zero-order valence-corrected chi connectivity index (χ0v) is 9.12. The van der Waals surface area contributed by atoms with Gasteiger partial charge in [-0.05, 0) is 19.4 Å². The molecule has 0 saturated heterocycles. The van der Waals surface area contributed by atoms with Crippen molar-refractivity contribution >= 4 is 11.6 Å². The second kappa shape index (κ2) is 4.78. The van der Waals surface area contributed by atoms with Crippen molar-refractivity contribution in [1.82, 2.24) is 0 Å². The highest BCUT2D eigenvalue weighted by Crippen LogP contribution is 2.20. The van der Waals surface area contributed by atoms with Gasteiger partial charge in [0.2, 0.25) is 0 Å². The fraction of sp³-hybridized carbons (Fsp3) is 0.455. The van der Waals surface area contributed by atoms with E-state index in [0.29, 0.717) is 0 Å². The molecule has 1 rings (SSSR count). The van der Waals surface area contributed by atoms with Gasteiger partial charge in [0, 0.05) is 0 Å². The Balaban J connectivity index is 2.94. The van der Waals surface area contributed by atoms with Gasteiger partial charge in [-0.1, -0.05) is 29.3 Å². The van der Waals surface area contributed by atoms with Crippen LogP contribution in [-0.2, 0) is 0 Å². The molecular formula is C11H15ClO2. The van der Waals surface area contributed by atoms with Crippen molar-refractivity contribution in [2.24, 2.45) is 0 Å². The first-order chi connectivity index (χ1) is 6.54. The highest BCUT2D eigenvalue weighted by atomic mass is 35.5. The predicted molar refractivity (Wildman–Crippen MR) is 57.6 cm³/mol. The van der Waals surface area contributed by atoms with E-state index >= 15 is 0 Å². The van der Waals surface area contributed by atoms with Crippen molar-refractivity contribution in [2.45, 2.75) is 26.1 Å². The summed E-state index contributed by atoms with van der Waals surface area (Å²) in [6.07, 6.45) is -1.80. The van der Waals surface area contributed by atoms with Crippen molar-refractivity contribution in [1.29, 1.82) is 0 Å². The molecule has 1 aromatic rings. The van der Waals surface area contributed by atoms with E-state index in [1.165, 1.54) is 0 Å². The van der Waals surface area contributed by atoms with Crippen molar-refractivity contribution in [3.05, 3.63) is 34.9 Å². The molecule has 0 aliphatic rings. The first-order valence-corrected chi connectivity index (χ1v) is 5.08. The first-order valence-electron chi connectivity index (χ1n) is 4.55. The smallest absolute Gasteiger partial charge is 0.106 e. The molecule has 2 unspecified atom stereocenters. The SMILES string of the molecule is Cc1cc(C)cc(C(O)C(O)CCl)c1. The zero-order chi connectivity index (χ0) is 10.7. The Morgan fingerprint density at radius 1 is 1.14 bits per heavy atom. The van der Waals surface area contributed by atoms with E-state index in [9.17, 15) is 10.2 Å². The third-order valence-electron chi connectivity index (χ3n) is 2.11. The molecule has 0 heterocycles. The van der Waals surface area contributed by atoms with E-state index in [1.807, 2.05) is 32.0 Å². The number of aryl methyl sites for hydroxylation is 2. The number of rotatable bonds is 3. The molecule has 0 aliphatic carbocycles. The summed E-state index contributed by atoms with van der Waals surface area (Å²) in [5, 5.41) is 19.1. The molecule has 2 N–H and O–H groups in total. The number of aliphatic hydroxyl groups excluding tert-OH is 2. The fourth-order valence-electron chi connectivity index (χ4n) is 1.49. The Kier molecular flexibility index (Phi) is 3.93. The zero-order valence-electron chi connectivity index (χ0n) is 8.37. The van der Waals surface area contributed by atoms with Crippen LogP contribution in [0.15, 0.2) is 18.2 Å². The fourth-order valence-corrected chi connectivity index (χ4v) is 1.66. The maximum absolute atomic E-state index is 9.70. The molecule has 0 amide bonds. The maximum Gasteiger partial charge on any atom is 0.106 e. The van der Waals surface area contributed by atoms with Gasteiger partial charge >= 0.3 is 0 Å². The number of halogens is 1. The molecule has 0 fully saturated rings. The predicted octanol–water partition coefficient (Wildman–Crippen LogP) is 1.94. The molecule has 0 aliphatic heterocycles. The molecule has 2 nitrogen and oxygen atoms in total. The summed E-state index contributed by atoms with van der Waals surface area (Å²) in [4.78, 5) is 0. The van der Waals surface area contributed by atoms with Crippen molar-refractivity contribution in [3.63, 3.8) is 0 Å². The molecular weight excluding hydrogens is 200 g/mol. The van der Waals surface area contributed by atoms with Crippen LogP contribution in [0.3, 0.4) is 0 Å². The monoisotopic (exact) mass is 214 g/mol. The van der Waals surface area contributed by atoms with Crippen LogP contribution < -0.4 is 0 Å². The maximum atomic E-state index is 9.70. The third kappa shape index (κ3) is 2.71. The van der Waals surface area contributed by atoms with Crippen molar-refractivity contribution in [3.8, 4) is 0 Å². The number of benzene rings is 1. The van der Waals surface area contributed by atoms with Crippen LogP contribution in [0.4, 0.5) is 0 Å². The number of aliphatic hydroxyl groups is 2. The average molecular weight is 215 g/mol. The molecule has 0 saturated carbocycles. The molecule has 14 heavy (non-hydrogen) atoms. The second-order valence-electron chi connectivity index (χ2n) is 3.59. The lowest BCUT2D eigenvalue weighted by atomic mass is 10.0. The highest BCUT2D eigenvalue weighted by molar-refractivity contribution is 6.18. The molecule has 0 aromatic heterocycles.